The molecule has 1 aliphatic carbocycles. The number of furan rings is 1. The van der Waals surface area contributed by atoms with Gasteiger partial charge < -0.3 is 10.2 Å². The molecule has 1 fully saturated rings. The van der Waals surface area contributed by atoms with Crippen molar-refractivity contribution in [3.05, 3.63) is 30.0 Å². The van der Waals surface area contributed by atoms with Crippen LogP contribution >= 0.6 is 0 Å². The number of fused-ring (bicyclic) bond motifs is 1. The maximum Gasteiger partial charge on any atom is 0.136 e. The van der Waals surface area contributed by atoms with Crippen molar-refractivity contribution in [3.63, 3.8) is 0 Å². The number of nitrogens with two attached hydrogens (primary N) is 1. The Morgan fingerprint density at radius 1 is 1.31 bits per heavy atom. The van der Waals surface area contributed by atoms with Crippen molar-refractivity contribution in [2.24, 2.45) is 0 Å². The minimum absolute atomic E-state index is 0.741. The zero-order valence-corrected chi connectivity index (χ0v) is 7.29. The molecule has 0 bridgehead atoms. The lowest BCUT2D eigenvalue weighted by Gasteiger charge is -1.94. The van der Waals surface area contributed by atoms with Gasteiger partial charge in [0.05, 0.1) is 6.26 Å². The maximum absolute atomic E-state index is 5.66. The summed E-state index contributed by atoms with van der Waals surface area (Å²) in [5.74, 6) is 0.741. The number of rotatable bonds is 1. The van der Waals surface area contributed by atoms with Crippen molar-refractivity contribution < 1.29 is 4.42 Å². The first-order valence-electron chi connectivity index (χ1n) is 4.61. The summed E-state index contributed by atoms with van der Waals surface area (Å²) in [5.41, 5.74) is 8.71. The van der Waals surface area contributed by atoms with E-state index in [1.807, 2.05) is 18.4 Å². The minimum Gasteiger partial charge on any atom is -0.464 e. The summed E-state index contributed by atoms with van der Waals surface area (Å²) in [6.07, 6.45) is 4.49. The van der Waals surface area contributed by atoms with E-state index in [1.165, 1.54) is 23.8 Å². The second kappa shape index (κ2) is 2.28. The smallest absolute Gasteiger partial charge is 0.136 e. The normalized spacial score (nSPS) is 16.6. The molecule has 0 amide bonds. The zero-order chi connectivity index (χ0) is 8.84. The predicted molar refractivity (Wildman–Crippen MR) is 52.6 cm³/mol. The lowest BCUT2D eigenvalue weighted by molar-refractivity contribution is 0.611. The fourth-order valence-corrected chi connectivity index (χ4v) is 1.78. The molecule has 2 aromatic rings. The summed E-state index contributed by atoms with van der Waals surface area (Å²) < 4.78 is 5.45. The van der Waals surface area contributed by atoms with E-state index >= 15 is 0 Å². The molecule has 0 unspecified atom stereocenters. The third kappa shape index (κ3) is 1.02. The molecule has 1 aromatic heterocycles. The van der Waals surface area contributed by atoms with Crippen molar-refractivity contribution in [3.8, 4) is 0 Å². The SMILES string of the molecule is Nc1ccc2c(C3CC3)coc2c1. The summed E-state index contributed by atoms with van der Waals surface area (Å²) in [6.45, 7) is 0. The molecule has 0 aliphatic heterocycles. The van der Waals surface area contributed by atoms with Crippen LogP contribution in [0.1, 0.15) is 24.3 Å². The van der Waals surface area contributed by atoms with Crippen LogP contribution in [-0.4, -0.2) is 0 Å². The molecule has 1 aromatic carbocycles. The Labute approximate surface area is 76.3 Å². The molecule has 2 nitrogen and oxygen atoms in total. The molecule has 2 heteroatoms. The van der Waals surface area contributed by atoms with E-state index in [4.69, 9.17) is 10.2 Å². The van der Waals surface area contributed by atoms with Crippen LogP contribution in [0.3, 0.4) is 0 Å². The van der Waals surface area contributed by atoms with Gasteiger partial charge in [0.25, 0.3) is 0 Å². The summed E-state index contributed by atoms with van der Waals surface area (Å²) >= 11 is 0. The molecule has 0 atom stereocenters. The van der Waals surface area contributed by atoms with Gasteiger partial charge in [0, 0.05) is 22.7 Å². The molecular weight excluding hydrogens is 162 g/mol. The van der Waals surface area contributed by atoms with Crippen LogP contribution in [0, 0.1) is 0 Å². The molecule has 0 spiro atoms. The van der Waals surface area contributed by atoms with E-state index in [0.29, 0.717) is 0 Å². The number of nitrogen functional groups attached to an aromatic ring is 1. The van der Waals surface area contributed by atoms with Gasteiger partial charge in [-0.1, -0.05) is 0 Å². The van der Waals surface area contributed by atoms with Crippen LogP contribution in [0.4, 0.5) is 5.69 Å². The monoisotopic (exact) mass is 173 g/mol. The van der Waals surface area contributed by atoms with E-state index in [0.717, 1.165) is 17.2 Å². The van der Waals surface area contributed by atoms with Crippen molar-refractivity contribution >= 4 is 16.7 Å². The Kier molecular flexibility index (Phi) is 1.23. The second-order valence-corrected chi connectivity index (χ2v) is 3.72. The average Bonchev–Trinajstić information content (AvgIpc) is 2.87. The van der Waals surface area contributed by atoms with Gasteiger partial charge in [-0.3, -0.25) is 0 Å². The molecule has 1 aliphatic rings. The highest BCUT2D eigenvalue weighted by atomic mass is 16.3. The lowest BCUT2D eigenvalue weighted by atomic mass is 10.1. The third-order valence-electron chi connectivity index (χ3n) is 2.65. The summed E-state index contributed by atoms with van der Waals surface area (Å²) in [5, 5.41) is 1.23. The van der Waals surface area contributed by atoms with Crippen LogP contribution in [0.15, 0.2) is 28.9 Å². The van der Waals surface area contributed by atoms with E-state index < -0.39 is 0 Å². The van der Waals surface area contributed by atoms with Crippen molar-refractivity contribution in [2.45, 2.75) is 18.8 Å². The van der Waals surface area contributed by atoms with Crippen molar-refractivity contribution in [1.29, 1.82) is 0 Å². The lowest BCUT2D eigenvalue weighted by Crippen LogP contribution is -1.82. The molecule has 66 valence electrons. The Balaban J connectivity index is 2.26. The molecule has 1 saturated carbocycles. The number of benzene rings is 1. The van der Waals surface area contributed by atoms with Crippen LogP contribution in [0.5, 0.6) is 0 Å². The molecule has 2 N–H and O–H groups in total. The van der Waals surface area contributed by atoms with Gasteiger partial charge in [-0.25, -0.2) is 0 Å². The topological polar surface area (TPSA) is 39.2 Å². The largest absolute Gasteiger partial charge is 0.464 e. The van der Waals surface area contributed by atoms with Crippen LogP contribution in [-0.2, 0) is 0 Å². The van der Waals surface area contributed by atoms with Crippen molar-refractivity contribution in [1.82, 2.24) is 0 Å². The maximum atomic E-state index is 5.66. The number of anilines is 1. The van der Waals surface area contributed by atoms with E-state index in [-0.39, 0.29) is 0 Å². The number of hydrogen-bond donors (Lipinski definition) is 1. The fraction of sp³-hybridized carbons (Fsp3) is 0.273. The quantitative estimate of drug-likeness (QED) is 0.673. The first-order valence-corrected chi connectivity index (χ1v) is 4.61. The second-order valence-electron chi connectivity index (χ2n) is 3.72. The standard InChI is InChI=1S/C11H11NO/c12-8-3-4-9-10(7-1-2-7)6-13-11(9)5-8/h3-7H,1-2,12H2. The van der Waals surface area contributed by atoms with E-state index in [2.05, 4.69) is 6.07 Å². The van der Waals surface area contributed by atoms with Gasteiger partial charge in [-0.2, -0.15) is 0 Å². The molecule has 13 heavy (non-hydrogen) atoms. The highest BCUT2D eigenvalue weighted by molar-refractivity contribution is 5.84. The van der Waals surface area contributed by atoms with E-state index in [1.54, 1.807) is 0 Å². The molecule has 1 heterocycles. The van der Waals surface area contributed by atoms with Crippen LogP contribution in [0.25, 0.3) is 11.0 Å². The van der Waals surface area contributed by atoms with Crippen molar-refractivity contribution in [2.75, 3.05) is 5.73 Å². The predicted octanol–water partition coefficient (Wildman–Crippen LogP) is 2.89. The molecule has 0 saturated heterocycles. The summed E-state index contributed by atoms with van der Waals surface area (Å²) in [7, 11) is 0. The number of hydrogen-bond acceptors (Lipinski definition) is 2. The Bertz CT molecular complexity index is 454. The van der Waals surface area contributed by atoms with Gasteiger partial charge in [0.15, 0.2) is 0 Å². The Hall–Kier alpha value is -1.44. The van der Waals surface area contributed by atoms with Gasteiger partial charge in [-0.15, -0.1) is 0 Å². The Morgan fingerprint density at radius 3 is 2.92 bits per heavy atom. The first kappa shape index (κ1) is 7.01. The van der Waals surface area contributed by atoms with Gasteiger partial charge in [0.1, 0.15) is 5.58 Å². The van der Waals surface area contributed by atoms with Crippen LogP contribution in [0.2, 0.25) is 0 Å². The van der Waals surface area contributed by atoms with Gasteiger partial charge in [-0.05, 0) is 30.9 Å². The van der Waals surface area contributed by atoms with Gasteiger partial charge >= 0.3 is 0 Å². The highest BCUT2D eigenvalue weighted by Gasteiger charge is 2.26. The zero-order valence-electron chi connectivity index (χ0n) is 7.29. The molecular formula is C11H11NO. The van der Waals surface area contributed by atoms with Gasteiger partial charge in [0.2, 0.25) is 0 Å². The third-order valence-corrected chi connectivity index (χ3v) is 2.65. The Morgan fingerprint density at radius 2 is 2.15 bits per heavy atom. The van der Waals surface area contributed by atoms with Crippen LogP contribution < -0.4 is 5.73 Å². The molecule has 3 rings (SSSR count). The highest BCUT2D eigenvalue weighted by Crippen LogP contribution is 2.44. The summed E-state index contributed by atoms with van der Waals surface area (Å²) in [6, 6.07) is 5.88. The van der Waals surface area contributed by atoms with E-state index in [9.17, 15) is 0 Å². The first-order chi connectivity index (χ1) is 6.34. The summed E-state index contributed by atoms with van der Waals surface area (Å²) in [4.78, 5) is 0. The minimum atomic E-state index is 0.741. The molecule has 0 radical (unpaired) electrons. The average molecular weight is 173 g/mol. The fourth-order valence-electron chi connectivity index (χ4n) is 1.78.